The molecule has 2 aromatic rings. The molecule has 1 aliphatic rings. The van der Waals surface area contributed by atoms with Gasteiger partial charge in [0, 0.05) is 12.2 Å². The summed E-state index contributed by atoms with van der Waals surface area (Å²) in [7, 11) is 0. The molecule has 0 aliphatic carbocycles. The quantitative estimate of drug-likeness (QED) is 0.865. The number of fused-ring (bicyclic) bond motifs is 1. The number of hydrogen-bond donors (Lipinski definition) is 0. The Labute approximate surface area is 131 Å². The number of ether oxygens (including phenoxy) is 1. The topological polar surface area (TPSA) is 29.5 Å². The Kier molecular flexibility index (Phi) is 4.14. The molecule has 22 heavy (non-hydrogen) atoms. The summed E-state index contributed by atoms with van der Waals surface area (Å²) in [5.74, 6) is 0.765. The molecule has 0 bridgehead atoms. The van der Waals surface area contributed by atoms with Crippen molar-refractivity contribution in [3.8, 4) is 5.75 Å². The Morgan fingerprint density at radius 2 is 1.95 bits per heavy atom. The van der Waals surface area contributed by atoms with Crippen molar-refractivity contribution in [3.05, 3.63) is 59.2 Å². The van der Waals surface area contributed by atoms with Crippen molar-refractivity contribution in [3.63, 3.8) is 0 Å². The molecule has 0 N–H and O–H groups in total. The van der Waals surface area contributed by atoms with Crippen LogP contribution in [0.15, 0.2) is 42.5 Å². The molecule has 3 rings (SSSR count). The van der Waals surface area contributed by atoms with E-state index in [4.69, 9.17) is 4.74 Å². The largest absolute Gasteiger partial charge is 0.484 e. The Balaban J connectivity index is 1.71. The van der Waals surface area contributed by atoms with Crippen molar-refractivity contribution < 1.29 is 9.53 Å². The molecule has 3 heteroatoms. The number of amides is 1. The summed E-state index contributed by atoms with van der Waals surface area (Å²) in [5, 5.41) is 0. The number of aryl methyl sites for hydroxylation is 3. The lowest BCUT2D eigenvalue weighted by molar-refractivity contribution is -0.120. The van der Waals surface area contributed by atoms with Crippen LogP contribution in [0.2, 0.25) is 0 Å². The standard InChI is InChI=1S/C19H21NO2/c1-14-5-3-7-17(12-14)22-13-19(21)20-10-4-6-16-11-15(2)8-9-18(16)20/h3,5,7-9,11-12H,4,6,10,13H2,1-2H3. The summed E-state index contributed by atoms with van der Waals surface area (Å²) in [6.07, 6.45) is 2.05. The highest BCUT2D eigenvalue weighted by molar-refractivity contribution is 5.95. The smallest absolute Gasteiger partial charge is 0.264 e. The van der Waals surface area contributed by atoms with Crippen LogP contribution in [0.25, 0.3) is 0 Å². The molecule has 0 fully saturated rings. The average molecular weight is 295 g/mol. The highest BCUT2D eigenvalue weighted by Crippen LogP contribution is 2.28. The van der Waals surface area contributed by atoms with Crippen LogP contribution in [0.5, 0.6) is 5.75 Å². The predicted molar refractivity (Wildman–Crippen MR) is 88.5 cm³/mol. The third kappa shape index (κ3) is 3.14. The molecule has 0 unspecified atom stereocenters. The van der Waals surface area contributed by atoms with Crippen LogP contribution in [-0.4, -0.2) is 19.1 Å². The summed E-state index contributed by atoms with van der Waals surface area (Å²) in [4.78, 5) is 14.4. The lowest BCUT2D eigenvalue weighted by Crippen LogP contribution is -2.38. The molecular weight excluding hydrogens is 274 g/mol. The normalized spacial score (nSPS) is 13.6. The van der Waals surface area contributed by atoms with Gasteiger partial charge in [0.05, 0.1) is 0 Å². The van der Waals surface area contributed by atoms with Gasteiger partial charge < -0.3 is 9.64 Å². The van der Waals surface area contributed by atoms with Crippen LogP contribution < -0.4 is 9.64 Å². The Hall–Kier alpha value is -2.29. The molecule has 0 saturated carbocycles. The molecular formula is C19H21NO2. The van der Waals surface area contributed by atoms with E-state index in [9.17, 15) is 4.79 Å². The summed E-state index contributed by atoms with van der Waals surface area (Å²) >= 11 is 0. The SMILES string of the molecule is Cc1cccc(OCC(=O)N2CCCc3cc(C)ccc32)c1. The fourth-order valence-corrected chi connectivity index (χ4v) is 2.91. The number of carbonyl (C=O) groups excluding carboxylic acids is 1. The summed E-state index contributed by atoms with van der Waals surface area (Å²) in [6, 6.07) is 14.1. The van der Waals surface area contributed by atoms with Crippen LogP contribution in [-0.2, 0) is 11.2 Å². The highest BCUT2D eigenvalue weighted by atomic mass is 16.5. The van der Waals surface area contributed by atoms with Gasteiger partial charge in [0.15, 0.2) is 6.61 Å². The molecule has 0 saturated heterocycles. The maximum atomic E-state index is 12.5. The summed E-state index contributed by atoms with van der Waals surface area (Å²) in [5.41, 5.74) is 4.66. The maximum absolute atomic E-state index is 12.5. The minimum absolute atomic E-state index is 0.0197. The second-order valence-corrected chi connectivity index (χ2v) is 5.89. The molecule has 0 atom stereocenters. The second kappa shape index (κ2) is 6.22. The van der Waals surface area contributed by atoms with Crippen LogP contribution in [0.4, 0.5) is 5.69 Å². The second-order valence-electron chi connectivity index (χ2n) is 5.89. The fraction of sp³-hybridized carbons (Fsp3) is 0.316. The van der Waals surface area contributed by atoms with Crippen molar-refractivity contribution in [2.24, 2.45) is 0 Å². The van der Waals surface area contributed by atoms with Gasteiger partial charge in [-0.05, 0) is 56.0 Å². The first kappa shape index (κ1) is 14.6. The van der Waals surface area contributed by atoms with E-state index in [2.05, 4.69) is 19.1 Å². The number of carbonyl (C=O) groups is 1. The number of hydrogen-bond acceptors (Lipinski definition) is 2. The number of nitrogens with zero attached hydrogens (tertiary/aromatic N) is 1. The Morgan fingerprint density at radius 3 is 2.77 bits per heavy atom. The molecule has 0 aromatic heterocycles. The molecule has 1 amide bonds. The highest BCUT2D eigenvalue weighted by Gasteiger charge is 2.22. The van der Waals surface area contributed by atoms with Crippen LogP contribution in [0, 0.1) is 13.8 Å². The van der Waals surface area contributed by atoms with Gasteiger partial charge in [0.1, 0.15) is 5.75 Å². The molecule has 3 nitrogen and oxygen atoms in total. The number of benzene rings is 2. The van der Waals surface area contributed by atoms with Gasteiger partial charge >= 0.3 is 0 Å². The molecule has 114 valence electrons. The maximum Gasteiger partial charge on any atom is 0.264 e. The lowest BCUT2D eigenvalue weighted by Gasteiger charge is -2.29. The van der Waals surface area contributed by atoms with E-state index in [1.165, 1.54) is 11.1 Å². The van der Waals surface area contributed by atoms with E-state index < -0.39 is 0 Å². The number of anilines is 1. The van der Waals surface area contributed by atoms with Crippen LogP contribution in [0.1, 0.15) is 23.1 Å². The van der Waals surface area contributed by atoms with Crippen molar-refractivity contribution >= 4 is 11.6 Å². The van der Waals surface area contributed by atoms with Gasteiger partial charge in [-0.2, -0.15) is 0 Å². The van der Waals surface area contributed by atoms with Gasteiger partial charge in [-0.15, -0.1) is 0 Å². The Bertz CT molecular complexity index is 694. The summed E-state index contributed by atoms with van der Waals surface area (Å²) in [6.45, 7) is 4.95. The third-order valence-corrected chi connectivity index (χ3v) is 4.01. The first-order chi connectivity index (χ1) is 10.6. The third-order valence-electron chi connectivity index (χ3n) is 4.01. The Morgan fingerprint density at radius 1 is 1.14 bits per heavy atom. The van der Waals surface area contributed by atoms with E-state index in [-0.39, 0.29) is 12.5 Å². The lowest BCUT2D eigenvalue weighted by atomic mass is 9.99. The van der Waals surface area contributed by atoms with E-state index >= 15 is 0 Å². The average Bonchev–Trinajstić information content (AvgIpc) is 2.52. The van der Waals surface area contributed by atoms with E-state index in [1.54, 1.807) is 0 Å². The minimum Gasteiger partial charge on any atom is -0.484 e. The fourth-order valence-electron chi connectivity index (χ4n) is 2.91. The van der Waals surface area contributed by atoms with Crippen molar-refractivity contribution in [2.75, 3.05) is 18.1 Å². The molecule has 0 spiro atoms. The molecule has 0 radical (unpaired) electrons. The van der Waals surface area contributed by atoms with Crippen molar-refractivity contribution in [2.45, 2.75) is 26.7 Å². The predicted octanol–water partition coefficient (Wildman–Crippen LogP) is 3.66. The van der Waals surface area contributed by atoms with E-state index in [0.717, 1.165) is 36.4 Å². The van der Waals surface area contributed by atoms with Gasteiger partial charge in [-0.3, -0.25) is 4.79 Å². The molecule has 1 heterocycles. The van der Waals surface area contributed by atoms with Gasteiger partial charge in [0.25, 0.3) is 5.91 Å². The van der Waals surface area contributed by atoms with Gasteiger partial charge in [-0.25, -0.2) is 0 Å². The molecule has 2 aromatic carbocycles. The van der Waals surface area contributed by atoms with Crippen molar-refractivity contribution in [1.82, 2.24) is 0 Å². The molecule has 1 aliphatic heterocycles. The number of rotatable bonds is 3. The zero-order valence-corrected chi connectivity index (χ0v) is 13.1. The zero-order valence-electron chi connectivity index (χ0n) is 13.1. The first-order valence-corrected chi connectivity index (χ1v) is 7.73. The summed E-state index contributed by atoms with van der Waals surface area (Å²) < 4.78 is 5.65. The van der Waals surface area contributed by atoms with E-state index in [0.29, 0.717) is 0 Å². The first-order valence-electron chi connectivity index (χ1n) is 7.73. The zero-order chi connectivity index (χ0) is 15.5. The van der Waals surface area contributed by atoms with Gasteiger partial charge in [-0.1, -0.05) is 29.8 Å². The minimum atomic E-state index is 0.0197. The van der Waals surface area contributed by atoms with E-state index in [1.807, 2.05) is 42.2 Å². The van der Waals surface area contributed by atoms with Crippen LogP contribution in [0.3, 0.4) is 0 Å². The van der Waals surface area contributed by atoms with Crippen molar-refractivity contribution in [1.29, 1.82) is 0 Å². The van der Waals surface area contributed by atoms with Gasteiger partial charge in [0.2, 0.25) is 0 Å². The van der Waals surface area contributed by atoms with Crippen LogP contribution >= 0.6 is 0 Å². The monoisotopic (exact) mass is 295 g/mol.